The van der Waals surface area contributed by atoms with Crippen LogP contribution in [0.25, 0.3) is 0 Å². The summed E-state index contributed by atoms with van der Waals surface area (Å²) in [6.45, 7) is 3.61. The van der Waals surface area contributed by atoms with Crippen LogP contribution in [0, 0.1) is 16.7 Å². The van der Waals surface area contributed by atoms with Gasteiger partial charge in [-0.1, -0.05) is 5.16 Å². The van der Waals surface area contributed by atoms with E-state index in [0.717, 1.165) is 0 Å². The number of nitrogens with one attached hydrogen (secondary N) is 1. The van der Waals surface area contributed by atoms with E-state index >= 15 is 0 Å². The van der Waals surface area contributed by atoms with Crippen LogP contribution in [0.15, 0.2) is 5.16 Å². The summed E-state index contributed by atoms with van der Waals surface area (Å²) in [5.74, 6) is 0. The highest BCUT2D eigenvalue weighted by atomic mass is 32.2. The molecule has 0 aliphatic heterocycles. The van der Waals surface area contributed by atoms with Gasteiger partial charge in [-0.2, -0.15) is 5.26 Å². The minimum atomic E-state index is -0.615. The first-order valence-corrected chi connectivity index (χ1v) is 5.58. The molecule has 0 aliphatic carbocycles. The molecular weight excluding hydrogens is 214 g/mol. The van der Waals surface area contributed by atoms with Crippen molar-refractivity contribution in [2.24, 2.45) is 10.6 Å². The molecule has 0 unspecified atom stereocenters. The molecule has 1 amide bonds. The molecule has 0 aromatic carbocycles. The van der Waals surface area contributed by atoms with Crippen LogP contribution >= 0.6 is 11.8 Å². The van der Waals surface area contributed by atoms with E-state index in [-0.39, 0.29) is 0 Å². The maximum absolute atomic E-state index is 10.8. The monoisotopic (exact) mass is 229 g/mol. The van der Waals surface area contributed by atoms with Gasteiger partial charge in [-0.05, 0) is 20.1 Å². The second kappa shape index (κ2) is 6.30. The Morgan fingerprint density at radius 3 is 2.67 bits per heavy atom. The number of carbonyl (C=O) groups is 1. The van der Waals surface area contributed by atoms with Gasteiger partial charge in [0, 0.05) is 13.5 Å². The predicted octanol–water partition coefficient (Wildman–Crippen LogP) is 1.96. The summed E-state index contributed by atoms with van der Waals surface area (Å²) in [4.78, 5) is 15.3. The zero-order valence-corrected chi connectivity index (χ0v) is 10.1. The van der Waals surface area contributed by atoms with Crippen molar-refractivity contribution >= 4 is 22.9 Å². The molecule has 0 saturated carbocycles. The van der Waals surface area contributed by atoms with E-state index in [2.05, 4.69) is 21.4 Å². The van der Waals surface area contributed by atoms with E-state index in [1.807, 2.05) is 6.26 Å². The van der Waals surface area contributed by atoms with Gasteiger partial charge in [0.2, 0.25) is 0 Å². The zero-order chi connectivity index (χ0) is 11.9. The summed E-state index contributed by atoms with van der Waals surface area (Å²) >= 11 is 1.36. The Bertz CT molecular complexity index is 294. The molecule has 0 saturated heterocycles. The van der Waals surface area contributed by atoms with Crippen LogP contribution in [-0.2, 0) is 4.84 Å². The molecule has 0 fully saturated rings. The predicted molar refractivity (Wildman–Crippen MR) is 60.5 cm³/mol. The Morgan fingerprint density at radius 1 is 1.67 bits per heavy atom. The zero-order valence-electron chi connectivity index (χ0n) is 9.33. The third-order valence-corrected chi connectivity index (χ3v) is 2.26. The highest BCUT2D eigenvalue weighted by molar-refractivity contribution is 8.13. The highest BCUT2D eigenvalue weighted by Gasteiger charge is 2.20. The number of nitriles is 1. The van der Waals surface area contributed by atoms with E-state index in [9.17, 15) is 4.79 Å². The maximum atomic E-state index is 10.8. The molecule has 5 nitrogen and oxygen atoms in total. The van der Waals surface area contributed by atoms with Crippen molar-refractivity contribution in [3.05, 3.63) is 0 Å². The molecule has 0 spiro atoms. The van der Waals surface area contributed by atoms with Crippen LogP contribution in [-0.4, -0.2) is 24.4 Å². The number of nitrogens with zero attached hydrogens (tertiary/aromatic N) is 2. The van der Waals surface area contributed by atoms with Crippen molar-refractivity contribution in [2.75, 3.05) is 13.3 Å². The number of hydrogen-bond acceptors (Lipinski definition) is 5. The first kappa shape index (κ1) is 13.8. The number of amides is 1. The second-order valence-corrected chi connectivity index (χ2v) is 4.37. The third kappa shape index (κ3) is 5.96. The number of oxime groups is 1. The molecular formula is C9H15N3O2S. The van der Waals surface area contributed by atoms with Crippen molar-refractivity contribution in [2.45, 2.75) is 20.3 Å². The Morgan fingerprint density at radius 2 is 2.27 bits per heavy atom. The average molecular weight is 229 g/mol. The highest BCUT2D eigenvalue weighted by Crippen LogP contribution is 2.22. The van der Waals surface area contributed by atoms with Crippen LogP contribution in [0.4, 0.5) is 4.79 Å². The van der Waals surface area contributed by atoms with Crippen molar-refractivity contribution < 1.29 is 9.63 Å². The van der Waals surface area contributed by atoms with Crippen molar-refractivity contribution in [1.82, 2.24) is 5.32 Å². The van der Waals surface area contributed by atoms with Gasteiger partial charge in [0.1, 0.15) is 5.04 Å². The molecule has 0 radical (unpaired) electrons. The number of thioether (sulfide) groups is 1. The summed E-state index contributed by atoms with van der Waals surface area (Å²) in [6, 6.07) is 2.16. The number of rotatable bonds is 3. The molecule has 0 aromatic heterocycles. The standard InChI is InChI=1S/C9H15N3O2S/c1-9(2,6-10)5-7(15-4)12-14-8(13)11-3/h5H2,1-4H3,(H,11,13). The molecule has 15 heavy (non-hydrogen) atoms. The Balaban J connectivity index is 4.38. The summed E-state index contributed by atoms with van der Waals surface area (Å²) in [5, 5.41) is 15.4. The largest absolute Gasteiger partial charge is 0.433 e. The van der Waals surface area contributed by atoms with E-state index in [1.54, 1.807) is 13.8 Å². The van der Waals surface area contributed by atoms with Crippen molar-refractivity contribution in [3.63, 3.8) is 0 Å². The van der Waals surface area contributed by atoms with Gasteiger partial charge in [0.25, 0.3) is 0 Å². The molecule has 6 heteroatoms. The molecule has 0 rings (SSSR count). The lowest BCUT2D eigenvalue weighted by Gasteiger charge is -2.14. The minimum Gasteiger partial charge on any atom is -0.323 e. The Kier molecular flexibility index (Phi) is 5.79. The van der Waals surface area contributed by atoms with Crippen LogP contribution in [0.2, 0.25) is 0 Å². The van der Waals surface area contributed by atoms with E-state index in [4.69, 9.17) is 5.26 Å². The lowest BCUT2D eigenvalue weighted by atomic mass is 9.92. The van der Waals surface area contributed by atoms with Crippen molar-refractivity contribution in [3.8, 4) is 6.07 Å². The van der Waals surface area contributed by atoms with Gasteiger partial charge in [-0.25, -0.2) is 4.79 Å². The summed E-state index contributed by atoms with van der Waals surface area (Å²) in [7, 11) is 1.45. The summed E-state index contributed by atoms with van der Waals surface area (Å²) in [6.07, 6.45) is 1.66. The fraction of sp³-hybridized carbons (Fsp3) is 0.667. The lowest BCUT2D eigenvalue weighted by molar-refractivity contribution is 0.153. The molecule has 0 aliphatic rings. The normalized spacial score (nSPS) is 11.8. The number of carbonyl (C=O) groups excluding carboxylic acids is 1. The quantitative estimate of drug-likeness (QED) is 0.347. The van der Waals surface area contributed by atoms with E-state index < -0.39 is 11.5 Å². The van der Waals surface area contributed by atoms with Crippen LogP contribution < -0.4 is 5.32 Å². The molecule has 84 valence electrons. The molecule has 0 atom stereocenters. The maximum Gasteiger partial charge on any atom is 0.433 e. The fourth-order valence-corrected chi connectivity index (χ4v) is 1.31. The van der Waals surface area contributed by atoms with Gasteiger partial charge in [0.05, 0.1) is 11.5 Å². The smallest absolute Gasteiger partial charge is 0.323 e. The summed E-state index contributed by atoms with van der Waals surface area (Å²) in [5.41, 5.74) is -0.506. The lowest BCUT2D eigenvalue weighted by Crippen LogP contribution is -2.18. The third-order valence-electron chi connectivity index (χ3n) is 1.57. The van der Waals surface area contributed by atoms with Gasteiger partial charge in [-0.15, -0.1) is 11.8 Å². The molecule has 0 bridgehead atoms. The fourth-order valence-electron chi connectivity index (χ4n) is 0.697. The van der Waals surface area contributed by atoms with Crippen molar-refractivity contribution in [1.29, 1.82) is 5.26 Å². The van der Waals surface area contributed by atoms with Gasteiger partial charge >= 0.3 is 6.09 Å². The van der Waals surface area contributed by atoms with E-state index in [0.29, 0.717) is 11.5 Å². The van der Waals surface area contributed by atoms with Gasteiger partial charge in [0.15, 0.2) is 0 Å². The van der Waals surface area contributed by atoms with Crippen LogP contribution in [0.3, 0.4) is 0 Å². The SMILES string of the molecule is CNC(=O)ON=C(CC(C)(C)C#N)SC. The average Bonchev–Trinajstić information content (AvgIpc) is 2.23. The topological polar surface area (TPSA) is 74.5 Å². The number of hydrogen-bond donors (Lipinski definition) is 1. The molecule has 0 heterocycles. The second-order valence-electron chi connectivity index (χ2n) is 3.49. The first-order chi connectivity index (χ1) is 6.95. The molecule has 1 N–H and O–H groups in total. The van der Waals surface area contributed by atoms with Crippen LogP contribution in [0.5, 0.6) is 0 Å². The van der Waals surface area contributed by atoms with Gasteiger partial charge < -0.3 is 5.32 Å². The van der Waals surface area contributed by atoms with E-state index in [1.165, 1.54) is 18.8 Å². The summed E-state index contributed by atoms with van der Waals surface area (Å²) < 4.78 is 0. The Hall–Kier alpha value is -1.22. The first-order valence-electron chi connectivity index (χ1n) is 4.36. The minimum absolute atomic E-state index is 0.460. The molecule has 0 aromatic rings. The van der Waals surface area contributed by atoms with Gasteiger partial charge in [-0.3, -0.25) is 4.84 Å². The van der Waals surface area contributed by atoms with Crippen LogP contribution in [0.1, 0.15) is 20.3 Å². The Labute approximate surface area is 93.8 Å².